The van der Waals surface area contributed by atoms with Crippen LogP contribution in [0.4, 0.5) is 10.1 Å². The first-order valence-electron chi connectivity index (χ1n) is 15.5. The summed E-state index contributed by atoms with van der Waals surface area (Å²) < 4.78 is 50.7. The standard InChI is InChI=1S/C34H35ClFN5O4S/c1-45-33-11-9-29(46(43,44)39-16-12-23(13-17-39)24-4-2-5-26(18-24)40-15-3-14-37-40)20-32(33)41-27-7-8-28(41)22-38(21-27)34(42)30-10-6-25(36)19-31(30)35/h2-6,9-11,14-15,18-20,23,27-28H,7-8,12-13,16-17,21-22H2,1H3/t27-,28+. The van der Waals surface area contributed by atoms with E-state index in [0.29, 0.717) is 37.6 Å². The number of hydrogen-bond acceptors (Lipinski definition) is 6. The molecule has 4 heterocycles. The van der Waals surface area contributed by atoms with Gasteiger partial charge in [-0.2, -0.15) is 9.40 Å². The number of likely N-dealkylation sites (tertiary alicyclic amines) is 1. The van der Waals surface area contributed by atoms with Crippen molar-refractivity contribution in [1.29, 1.82) is 0 Å². The number of fused-ring (bicyclic) bond motifs is 2. The minimum Gasteiger partial charge on any atom is -0.495 e. The van der Waals surface area contributed by atoms with Gasteiger partial charge < -0.3 is 14.5 Å². The van der Waals surface area contributed by atoms with Gasteiger partial charge in [-0.3, -0.25) is 4.79 Å². The average molecular weight is 664 g/mol. The monoisotopic (exact) mass is 663 g/mol. The first-order valence-corrected chi connectivity index (χ1v) is 17.4. The molecular weight excluding hydrogens is 629 g/mol. The number of carbonyl (C=O) groups excluding carboxylic acids is 1. The molecule has 3 saturated heterocycles. The topological polar surface area (TPSA) is 88.0 Å². The van der Waals surface area contributed by atoms with Gasteiger partial charge in [0.05, 0.1) is 34.0 Å². The Kier molecular flexibility index (Phi) is 8.25. The quantitative estimate of drug-likeness (QED) is 0.251. The van der Waals surface area contributed by atoms with E-state index in [4.69, 9.17) is 16.3 Å². The maximum Gasteiger partial charge on any atom is 0.255 e. The number of halogens is 2. The van der Waals surface area contributed by atoms with Crippen LogP contribution >= 0.6 is 11.6 Å². The molecule has 7 rings (SSSR count). The van der Waals surface area contributed by atoms with Gasteiger partial charge >= 0.3 is 0 Å². The molecule has 0 spiro atoms. The third kappa shape index (κ3) is 5.65. The van der Waals surface area contributed by atoms with Crippen molar-refractivity contribution in [3.63, 3.8) is 0 Å². The Bertz CT molecular complexity index is 1850. The Morgan fingerprint density at radius 2 is 1.72 bits per heavy atom. The minimum atomic E-state index is -3.75. The Morgan fingerprint density at radius 1 is 0.957 bits per heavy atom. The molecule has 12 heteroatoms. The number of methoxy groups -OCH3 is 1. The van der Waals surface area contributed by atoms with E-state index in [0.717, 1.165) is 37.4 Å². The molecule has 9 nitrogen and oxygen atoms in total. The molecule has 0 unspecified atom stereocenters. The molecule has 46 heavy (non-hydrogen) atoms. The maximum atomic E-state index is 14.0. The van der Waals surface area contributed by atoms with E-state index in [1.807, 2.05) is 29.1 Å². The molecule has 0 aliphatic carbocycles. The van der Waals surface area contributed by atoms with Gasteiger partial charge in [0.2, 0.25) is 10.0 Å². The highest BCUT2D eigenvalue weighted by atomic mass is 35.5. The van der Waals surface area contributed by atoms with Crippen molar-refractivity contribution in [2.45, 2.75) is 48.6 Å². The van der Waals surface area contributed by atoms with Crippen LogP contribution in [0.1, 0.15) is 47.5 Å². The summed E-state index contributed by atoms with van der Waals surface area (Å²) in [5.74, 6) is 0.121. The van der Waals surface area contributed by atoms with E-state index in [-0.39, 0.29) is 39.4 Å². The van der Waals surface area contributed by atoms with Crippen LogP contribution in [0, 0.1) is 5.82 Å². The second-order valence-corrected chi connectivity index (χ2v) is 14.5. The Labute approximate surface area is 273 Å². The van der Waals surface area contributed by atoms with Gasteiger partial charge in [0, 0.05) is 50.7 Å². The molecule has 3 aliphatic rings. The molecule has 0 saturated carbocycles. The summed E-state index contributed by atoms with van der Waals surface area (Å²) in [6.45, 7) is 1.74. The highest BCUT2D eigenvalue weighted by Gasteiger charge is 2.43. The van der Waals surface area contributed by atoms with Crippen LogP contribution in [0.25, 0.3) is 5.69 Å². The van der Waals surface area contributed by atoms with Gasteiger partial charge in [0.25, 0.3) is 5.91 Å². The largest absolute Gasteiger partial charge is 0.495 e. The van der Waals surface area contributed by atoms with Crippen molar-refractivity contribution < 1.29 is 22.3 Å². The van der Waals surface area contributed by atoms with E-state index in [9.17, 15) is 17.6 Å². The number of carbonyl (C=O) groups is 1. The smallest absolute Gasteiger partial charge is 0.255 e. The first-order chi connectivity index (χ1) is 22.2. The van der Waals surface area contributed by atoms with Crippen LogP contribution < -0.4 is 9.64 Å². The molecule has 0 radical (unpaired) electrons. The fourth-order valence-electron chi connectivity index (χ4n) is 7.25. The summed E-state index contributed by atoms with van der Waals surface area (Å²) in [4.78, 5) is 17.6. The predicted molar refractivity (Wildman–Crippen MR) is 174 cm³/mol. The summed E-state index contributed by atoms with van der Waals surface area (Å²) in [7, 11) is -2.17. The van der Waals surface area contributed by atoms with Crippen molar-refractivity contribution in [3.8, 4) is 11.4 Å². The Balaban J connectivity index is 1.07. The molecule has 240 valence electrons. The molecular formula is C34H35ClFN5O4S. The lowest BCUT2D eigenvalue weighted by Gasteiger charge is -2.43. The van der Waals surface area contributed by atoms with Gasteiger partial charge in [-0.25, -0.2) is 17.5 Å². The highest BCUT2D eigenvalue weighted by molar-refractivity contribution is 7.89. The number of anilines is 1. The number of hydrogen-bond donors (Lipinski definition) is 0. The summed E-state index contributed by atoms with van der Waals surface area (Å²) in [5.41, 5.74) is 3.16. The summed E-state index contributed by atoms with van der Waals surface area (Å²) >= 11 is 6.21. The van der Waals surface area contributed by atoms with Crippen LogP contribution in [0.5, 0.6) is 5.75 Å². The van der Waals surface area contributed by atoms with Crippen LogP contribution in [0.15, 0.2) is 84.0 Å². The first kappa shape index (κ1) is 30.7. The SMILES string of the molecule is COc1ccc(S(=O)(=O)N2CCC(c3cccc(-n4cccn4)c3)CC2)cc1N1[C@@H]2CC[C@H]1CN(C(=O)c1ccc(F)cc1Cl)C2. The van der Waals surface area contributed by atoms with Gasteiger partial charge in [-0.15, -0.1) is 0 Å². The molecule has 0 N–H and O–H groups in total. The third-order valence-electron chi connectivity index (χ3n) is 9.56. The number of sulfonamides is 1. The molecule has 3 aliphatic heterocycles. The zero-order valence-corrected chi connectivity index (χ0v) is 27.0. The molecule has 3 aromatic carbocycles. The highest BCUT2D eigenvalue weighted by Crippen LogP contribution is 2.42. The lowest BCUT2D eigenvalue weighted by atomic mass is 9.90. The van der Waals surface area contributed by atoms with Crippen molar-refractivity contribution >= 4 is 33.2 Å². The summed E-state index contributed by atoms with van der Waals surface area (Å²) in [6.07, 6.45) is 6.80. The minimum absolute atomic E-state index is 0.0259. The summed E-state index contributed by atoms with van der Waals surface area (Å²) in [5, 5.41) is 4.42. The van der Waals surface area contributed by atoms with E-state index in [2.05, 4.69) is 22.1 Å². The number of aromatic nitrogens is 2. The second-order valence-electron chi connectivity index (χ2n) is 12.2. The van der Waals surface area contributed by atoms with E-state index in [1.54, 1.807) is 40.7 Å². The van der Waals surface area contributed by atoms with Crippen LogP contribution in [0.3, 0.4) is 0 Å². The Hall–Kier alpha value is -3.93. The fourth-order valence-corrected chi connectivity index (χ4v) is 8.99. The van der Waals surface area contributed by atoms with Gasteiger partial charge in [0.1, 0.15) is 11.6 Å². The van der Waals surface area contributed by atoms with Gasteiger partial charge in [-0.05, 0) is 91.8 Å². The summed E-state index contributed by atoms with van der Waals surface area (Å²) in [6, 6.07) is 19.0. The molecule has 3 fully saturated rings. The maximum absolute atomic E-state index is 14.0. The van der Waals surface area contributed by atoms with E-state index in [1.165, 1.54) is 17.7 Å². The van der Waals surface area contributed by atoms with Crippen molar-refractivity contribution in [3.05, 3.63) is 101 Å². The van der Waals surface area contributed by atoms with Crippen molar-refractivity contribution in [2.24, 2.45) is 0 Å². The lowest BCUT2D eigenvalue weighted by molar-refractivity contribution is 0.0718. The molecule has 1 aromatic heterocycles. The van der Waals surface area contributed by atoms with E-state index >= 15 is 0 Å². The van der Waals surface area contributed by atoms with Crippen molar-refractivity contribution in [2.75, 3.05) is 38.2 Å². The lowest BCUT2D eigenvalue weighted by Crippen LogP contribution is -2.55. The second kappa shape index (κ2) is 12.4. The normalized spacial score (nSPS) is 20.7. The zero-order valence-electron chi connectivity index (χ0n) is 25.4. The number of amides is 1. The van der Waals surface area contributed by atoms with Gasteiger partial charge in [0.15, 0.2) is 0 Å². The average Bonchev–Trinajstić information content (AvgIpc) is 3.70. The van der Waals surface area contributed by atoms with Gasteiger partial charge in [-0.1, -0.05) is 23.7 Å². The number of benzene rings is 3. The number of piperazine rings is 1. The van der Waals surface area contributed by atoms with Crippen LogP contribution in [-0.2, 0) is 10.0 Å². The molecule has 2 bridgehead atoms. The van der Waals surface area contributed by atoms with E-state index < -0.39 is 15.8 Å². The Morgan fingerprint density at radius 3 is 2.39 bits per heavy atom. The zero-order chi connectivity index (χ0) is 32.0. The number of piperidine rings is 1. The number of nitrogens with zero attached hydrogens (tertiary/aromatic N) is 5. The number of ether oxygens (including phenoxy) is 1. The molecule has 2 atom stereocenters. The third-order valence-corrected chi connectivity index (χ3v) is 11.8. The van der Waals surface area contributed by atoms with Crippen molar-refractivity contribution in [1.82, 2.24) is 19.0 Å². The molecule has 1 amide bonds. The molecule has 4 aromatic rings. The van der Waals surface area contributed by atoms with Crippen LogP contribution in [0.2, 0.25) is 5.02 Å². The predicted octanol–water partition coefficient (Wildman–Crippen LogP) is 5.74. The van der Waals surface area contributed by atoms with Crippen LogP contribution in [-0.4, -0.2) is 78.7 Å². The number of rotatable bonds is 7. The fraction of sp³-hybridized carbons (Fsp3) is 0.353.